The highest BCUT2D eigenvalue weighted by Gasteiger charge is 2.11. The first kappa shape index (κ1) is 14.4. The lowest BCUT2D eigenvalue weighted by Crippen LogP contribution is -2.29. The van der Waals surface area contributed by atoms with E-state index in [4.69, 9.17) is 5.11 Å². The Bertz CT molecular complexity index is 393. The van der Waals surface area contributed by atoms with E-state index in [1.165, 1.54) is 0 Å². The maximum absolute atomic E-state index is 11.9. The maximum Gasteiger partial charge on any atom is 0.251 e. The van der Waals surface area contributed by atoms with E-state index >= 15 is 0 Å². The van der Waals surface area contributed by atoms with Gasteiger partial charge in [-0.25, -0.2) is 0 Å². The summed E-state index contributed by atoms with van der Waals surface area (Å²) >= 11 is 2.23. The van der Waals surface area contributed by atoms with Crippen molar-refractivity contribution in [2.45, 2.75) is 20.3 Å². The van der Waals surface area contributed by atoms with Gasteiger partial charge in [0.1, 0.15) is 0 Å². The summed E-state index contributed by atoms with van der Waals surface area (Å²) in [5.41, 5.74) is 1.74. The zero-order valence-electron chi connectivity index (χ0n) is 10.2. The van der Waals surface area contributed by atoms with Crippen molar-refractivity contribution >= 4 is 28.5 Å². The van der Waals surface area contributed by atoms with Crippen molar-refractivity contribution in [3.05, 3.63) is 32.9 Å². The molecule has 0 aliphatic carbocycles. The zero-order valence-corrected chi connectivity index (χ0v) is 12.3. The lowest BCUT2D eigenvalue weighted by molar-refractivity contribution is 0.0944. The predicted molar refractivity (Wildman–Crippen MR) is 77.1 cm³/mol. The molecule has 0 heterocycles. The van der Waals surface area contributed by atoms with Crippen LogP contribution < -0.4 is 5.32 Å². The molecule has 1 aromatic rings. The monoisotopic (exact) mass is 347 g/mol. The summed E-state index contributed by atoms with van der Waals surface area (Å²) in [5.74, 6) is 0.262. The summed E-state index contributed by atoms with van der Waals surface area (Å²) in [6, 6.07) is 5.71. The zero-order chi connectivity index (χ0) is 12.8. The Morgan fingerprint density at radius 1 is 1.53 bits per heavy atom. The molecule has 0 radical (unpaired) electrons. The van der Waals surface area contributed by atoms with Crippen LogP contribution in [0.2, 0.25) is 0 Å². The molecule has 0 saturated heterocycles. The number of hydrogen-bond donors (Lipinski definition) is 2. The summed E-state index contributed by atoms with van der Waals surface area (Å²) in [4.78, 5) is 11.9. The van der Waals surface area contributed by atoms with Gasteiger partial charge in [-0.2, -0.15) is 0 Å². The van der Waals surface area contributed by atoms with Gasteiger partial charge in [0.25, 0.3) is 5.91 Å². The minimum absolute atomic E-state index is 0.0363. The number of carbonyl (C=O) groups excluding carboxylic acids is 1. The topological polar surface area (TPSA) is 49.3 Å². The van der Waals surface area contributed by atoms with Crippen LogP contribution >= 0.6 is 22.6 Å². The number of rotatable bonds is 5. The number of nitrogens with one attached hydrogen (secondary N) is 1. The summed E-state index contributed by atoms with van der Waals surface area (Å²) in [7, 11) is 0. The number of hydrogen-bond acceptors (Lipinski definition) is 2. The highest BCUT2D eigenvalue weighted by atomic mass is 127. The van der Waals surface area contributed by atoms with Crippen LogP contribution in [0.4, 0.5) is 0 Å². The van der Waals surface area contributed by atoms with E-state index in [0.717, 1.165) is 14.7 Å². The van der Waals surface area contributed by atoms with E-state index in [-0.39, 0.29) is 12.5 Å². The van der Waals surface area contributed by atoms with Crippen molar-refractivity contribution in [3.8, 4) is 0 Å². The van der Waals surface area contributed by atoms with Crippen LogP contribution in [-0.2, 0) is 0 Å². The van der Waals surface area contributed by atoms with Gasteiger partial charge in [-0.1, -0.05) is 13.0 Å². The first-order valence-electron chi connectivity index (χ1n) is 5.70. The predicted octanol–water partition coefficient (Wildman–Crippen LogP) is 2.35. The van der Waals surface area contributed by atoms with E-state index in [1.807, 2.05) is 32.0 Å². The highest BCUT2D eigenvalue weighted by molar-refractivity contribution is 14.1. The number of carbonyl (C=O) groups is 1. The second-order valence-corrected chi connectivity index (χ2v) is 5.40. The molecule has 1 rings (SSSR count). The minimum atomic E-state index is -0.0363. The van der Waals surface area contributed by atoms with Gasteiger partial charge in [-0.15, -0.1) is 0 Å². The highest BCUT2D eigenvalue weighted by Crippen LogP contribution is 2.15. The number of halogens is 1. The van der Waals surface area contributed by atoms with Gasteiger partial charge < -0.3 is 10.4 Å². The van der Waals surface area contributed by atoms with E-state index in [9.17, 15) is 4.79 Å². The molecule has 1 aromatic carbocycles. The lowest BCUT2D eigenvalue weighted by Gasteiger charge is -2.12. The van der Waals surface area contributed by atoms with Crippen molar-refractivity contribution in [3.63, 3.8) is 0 Å². The smallest absolute Gasteiger partial charge is 0.251 e. The van der Waals surface area contributed by atoms with Gasteiger partial charge in [0.2, 0.25) is 0 Å². The Morgan fingerprint density at radius 3 is 2.88 bits per heavy atom. The normalized spacial score (nSPS) is 12.2. The Labute approximate surface area is 116 Å². The van der Waals surface area contributed by atoms with Gasteiger partial charge >= 0.3 is 0 Å². The molecule has 0 saturated carbocycles. The van der Waals surface area contributed by atoms with Gasteiger partial charge in [0, 0.05) is 22.3 Å². The van der Waals surface area contributed by atoms with Crippen LogP contribution in [0.3, 0.4) is 0 Å². The molecule has 3 nitrogen and oxygen atoms in total. The average molecular weight is 347 g/mol. The van der Waals surface area contributed by atoms with Crippen LogP contribution in [0.25, 0.3) is 0 Å². The van der Waals surface area contributed by atoms with E-state index in [1.54, 1.807) is 0 Å². The molecule has 0 spiro atoms. The third kappa shape index (κ3) is 4.27. The SMILES string of the molecule is Cc1c(I)cccc1C(=O)NCC(C)CCO. The summed E-state index contributed by atoms with van der Waals surface area (Å²) in [6.07, 6.45) is 0.714. The Morgan fingerprint density at radius 2 is 2.24 bits per heavy atom. The Balaban J connectivity index is 2.61. The molecule has 94 valence electrons. The molecule has 4 heteroatoms. The van der Waals surface area contributed by atoms with Gasteiger partial charge in [0.05, 0.1) is 0 Å². The molecule has 0 bridgehead atoms. The number of amides is 1. The molecule has 0 aromatic heterocycles. The number of aliphatic hydroxyl groups excluding tert-OH is 1. The number of aliphatic hydroxyl groups is 1. The van der Waals surface area contributed by atoms with Crippen molar-refractivity contribution < 1.29 is 9.90 Å². The largest absolute Gasteiger partial charge is 0.396 e. The molecule has 1 amide bonds. The third-order valence-corrected chi connectivity index (χ3v) is 3.91. The standard InChI is InChI=1S/C13H18INO2/c1-9(6-7-16)8-15-13(17)11-4-3-5-12(14)10(11)2/h3-5,9,16H,6-8H2,1-2H3,(H,15,17). The Hall–Kier alpha value is -0.620. The van der Waals surface area contributed by atoms with Crippen molar-refractivity contribution in [2.24, 2.45) is 5.92 Å². The van der Waals surface area contributed by atoms with E-state index in [2.05, 4.69) is 27.9 Å². The van der Waals surface area contributed by atoms with Crippen molar-refractivity contribution in [1.82, 2.24) is 5.32 Å². The van der Waals surface area contributed by atoms with Crippen LogP contribution in [-0.4, -0.2) is 24.2 Å². The third-order valence-electron chi connectivity index (χ3n) is 2.75. The van der Waals surface area contributed by atoms with E-state index < -0.39 is 0 Å². The second-order valence-electron chi connectivity index (χ2n) is 4.24. The second kappa shape index (κ2) is 6.96. The minimum Gasteiger partial charge on any atom is -0.396 e. The van der Waals surface area contributed by atoms with E-state index in [0.29, 0.717) is 18.9 Å². The van der Waals surface area contributed by atoms with Gasteiger partial charge in [0.15, 0.2) is 0 Å². The van der Waals surface area contributed by atoms with Crippen molar-refractivity contribution in [2.75, 3.05) is 13.2 Å². The fourth-order valence-electron chi connectivity index (χ4n) is 1.54. The molecular weight excluding hydrogens is 329 g/mol. The quantitative estimate of drug-likeness (QED) is 0.804. The van der Waals surface area contributed by atoms with Crippen LogP contribution in [0.5, 0.6) is 0 Å². The first-order valence-corrected chi connectivity index (χ1v) is 6.78. The van der Waals surface area contributed by atoms with Crippen LogP contribution in [0.1, 0.15) is 29.3 Å². The first-order chi connectivity index (χ1) is 8.06. The maximum atomic E-state index is 11.9. The molecule has 17 heavy (non-hydrogen) atoms. The average Bonchev–Trinajstić information content (AvgIpc) is 2.30. The molecule has 2 N–H and O–H groups in total. The summed E-state index contributed by atoms with van der Waals surface area (Å²) in [6.45, 7) is 4.73. The molecule has 0 fully saturated rings. The fourth-order valence-corrected chi connectivity index (χ4v) is 2.04. The van der Waals surface area contributed by atoms with Crippen LogP contribution in [0.15, 0.2) is 18.2 Å². The summed E-state index contributed by atoms with van der Waals surface area (Å²) in [5, 5.41) is 11.7. The molecule has 1 atom stereocenters. The fraction of sp³-hybridized carbons (Fsp3) is 0.462. The lowest BCUT2D eigenvalue weighted by atomic mass is 10.1. The number of benzene rings is 1. The van der Waals surface area contributed by atoms with Gasteiger partial charge in [-0.05, 0) is 59.5 Å². The molecule has 0 aliphatic rings. The van der Waals surface area contributed by atoms with Gasteiger partial charge in [-0.3, -0.25) is 4.79 Å². The molecule has 1 unspecified atom stereocenters. The van der Waals surface area contributed by atoms with Crippen molar-refractivity contribution in [1.29, 1.82) is 0 Å². The summed E-state index contributed by atoms with van der Waals surface area (Å²) < 4.78 is 1.10. The molecular formula is C13H18INO2. The molecule has 0 aliphatic heterocycles. The Kier molecular flexibility index (Phi) is 5.91. The van der Waals surface area contributed by atoms with Crippen LogP contribution in [0, 0.1) is 16.4 Å².